The highest BCUT2D eigenvalue weighted by atomic mass is 35.5. The minimum Gasteiger partial charge on any atom is -0.377 e. The summed E-state index contributed by atoms with van der Waals surface area (Å²) in [5, 5.41) is 2.94. The highest BCUT2D eigenvalue weighted by Crippen LogP contribution is 2.24. The van der Waals surface area contributed by atoms with Crippen molar-refractivity contribution in [1.82, 2.24) is 5.32 Å². The van der Waals surface area contributed by atoms with Gasteiger partial charge in [0.2, 0.25) is 5.91 Å². The lowest BCUT2D eigenvalue weighted by Crippen LogP contribution is -2.24. The molecule has 124 valence electrons. The number of thiophene rings is 1. The lowest BCUT2D eigenvalue weighted by atomic mass is 10.1. The van der Waals surface area contributed by atoms with Crippen LogP contribution in [0.4, 0.5) is 0 Å². The molecule has 23 heavy (non-hydrogen) atoms. The molecule has 0 spiro atoms. The average molecular weight is 370 g/mol. The van der Waals surface area contributed by atoms with Gasteiger partial charge in [-0.05, 0) is 30.2 Å². The first-order valence-electron chi connectivity index (χ1n) is 7.41. The highest BCUT2D eigenvalue weighted by Gasteiger charge is 2.04. The zero-order chi connectivity index (χ0) is 16.5. The summed E-state index contributed by atoms with van der Waals surface area (Å²) in [6.45, 7) is 3.88. The van der Waals surface area contributed by atoms with Crippen molar-refractivity contribution in [3.8, 4) is 0 Å². The van der Waals surface area contributed by atoms with Gasteiger partial charge in [-0.3, -0.25) is 4.79 Å². The summed E-state index contributed by atoms with van der Waals surface area (Å²) < 4.78 is 6.15. The van der Waals surface area contributed by atoms with Crippen molar-refractivity contribution >= 4 is 40.6 Å². The molecular formula is C17H20ClNO2S2. The Hall–Kier alpha value is -1.01. The second-order valence-electron chi connectivity index (χ2n) is 4.93. The number of rotatable bonds is 9. The van der Waals surface area contributed by atoms with Gasteiger partial charge in [0.15, 0.2) is 0 Å². The minimum absolute atomic E-state index is 0.0519. The molecule has 0 saturated carbocycles. The second-order valence-corrected chi connectivity index (χ2v) is 7.71. The fourth-order valence-electron chi connectivity index (χ4n) is 1.90. The van der Waals surface area contributed by atoms with Crippen LogP contribution in [0.2, 0.25) is 4.34 Å². The summed E-state index contributed by atoms with van der Waals surface area (Å²) in [4.78, 5) is 13.0. The molecule has 0 aliphatic rings. The van der Waals surface area contributed by atoms with Gasteiger partial charge in [0.05, 0.1) is 16.7 Å². The number of hydrogen-bond donors (Lipinski definition) is 1. The normalized spacial score (nSPS) is 10.7. The summed E-state index contributed by atoms with van der Waals surface area (Å²) in [7, 11) is 0. The Morgan fingerprint density at radius 3 is 2.61 bits per heavy atom. The van der Waals surface area contributed by atoms with Gasteiger partial charge < -0.3 is 10.1 Å². The number of benzene rings is 1. The average Bonchev–Trinajstić information content (AvgIpc) is 2.97. The Bertz CT molecular complexity index is 613. The number of hydrogen-bond acceptors (Lipinski definition) is 4. The van der Waals surface area contributed by atoms with Gasteiger partial charge in [-0.2, -0.15) is 0 Å². The molecule has 0 radical (unpaired) electrons. The quantitative estimate of drug-likeness (QED) is 0.707. The monoisotopic (exact) mass is 369 g/mol. The van der Waals surface area contributed by atoms with Crippen molar-refractivity contribution in [2.75, 3.05) is 12.4 Å². The molecule has 0 atom stereocenters. The van der Waals surface area contributed by atoms with E-state index in [4.69, 9.17) is 16.3 Å². The summed E-state index contributed by atoms with van der Waals surface area (Å²) in [5.41, 5.74) is 2.24. The van der Waals surface area contributed by atoms with E-state index in [1.165, 1.54) is 4.88 Å². The van der Waals surface area contributed by atoms with E-state index in [0.29, 0.717) is 25.5 Å². The molecule has 2 rings (SSSR count). The molecule has 0 aliphatic heterocycles. The molecule has 2 aromatic rings. The molecule has 1 aromatic carbocycles. The number of nitrogens with one attached hydrogen (secondary N) is 1. The van der Waals surface area contributed by atoms with Crippen molar-refractivity contribution in [3.63, 3.8) is 0 Å². The number of amides is 1. The number of carbonyl (C=O) groups is 1. The number of thioether (sulfide) groups is 1. The van der Waals surface area contributed by atoms with E-state index in [1.807, 2.05) is 43.3 Å². The third-order valence-electron chi connectivity index (χ3n) is 3.09. The van der Waals surface area contributed by atoms with Crippen molar-refractivity contribution in [3.05, 3.63) is 56.7 Å². The fraction of sp³-hybridized carbons (Fsp3) is 0.353. The van der Waals surface area contributed by atoms with Gasteiger partial charge >= 0.3 is 0 Å². The number of carbonyl (C=O) groups excluding carboxylic acids is 1. The molecule has 0 unspecified atom stereocenters. The van der Waals surface area contributed by atoms with Crippen molar-refractivity contribution in [1.29, 1.82) is 0 Å². The van der Waals surface area contributed by atoms with E-state index in [-0.39, 0.29) is 5.91 Å². The Morgan fingerprint density at radius 2 is 1.96 bits per heavy atom. The fourth-order valence-corrected chi connectivity index (χ4v) is 3.95. The van der Waals surface area contributed by atoms with Gasteiger partial charge in [-0.15, -0.1) is 23.1 Å². The maximum atomic E-state index is 11.8. The van der Waals surface area contributed by atoms with E-state index < -0.39 is 0 Å². The molecule has 0 saturated heterocycles. The standard InChI is InChI=1S/C17H20ClNO2S2/c1-2-21-10-14-5-3-13(4-6-14)9-19-17(20)12-22-11-15-7-8-16(18)23-15/h3-8H,2,9-12H2,1H3,(H,19,20). The van der Waals surface area contributed by atoms with Gasteiger partial charge in [-0.25, -0.2) is 0 Å². The van der Waals surface area contributed by atoms with Crippen LogP contribution in [0.5, 0.6) is 0 Å². The van der Waals surface area contributed by atoms with Crippen LogP contribution in [0.25, 0.3) is 0 Å². The second kappa shape index (κ2) is 9.98. The zero-order valence-corrected chi connectivity index (χ0v) is 15.4. The summed E-state index contributed by atoms with van der Waals surface area (Å²) >= 11 is 9.04. The van der Waals surface area contributed by atoms with Gasteiger partial charge in [0, 0.05) is 23.8 Å². The zero-order valence-electron chi connectivity index (χ0n) is 13.0. The van der Waals surface area contributed by atoms with Crippen LogP contribution in [-0.2, 0) is 28.4 Å². The van der Waals surface area contributed by atoms with Crippen molar-refractivity contribution in [2.45, 2.75) is 25.8 Å². The van der Waals surface area contributed by atoms with E-state index in [2.05, 4.69) is 5.32 Å². The molecule has 6 heteroatoms. The Morgan fingerprint density at radius 1 is 1.22 bits per heavy atom. The number of ether oxygens (including phenoxy) is 1. The Labute approximate surface area is 150 Å². The first kappa shape index (κ1) is 18.3. The maximum absolute atomic E-state index is 11.8. The predicted molar refractivity (Wildman–Crippen MR) is 99.1 cm³/mol. The molecule has 1 N–H and O–H groups in total. The topological polar surface area (TPSA) is 38.3 Å². The third kappa shape index (κ3) is 6.96. The molecule has 1 aromatic heterocycles. The van der Waals surface area contributed by atoms with Crippen LogP contribution >= 0.6 is 34.7 Å². The summed E-state index contributed by atoms with van der Waals surface area (Å²) in [5.74, 6) is 1.32. The van der Waals surface area contributed by atoms with E-state index >= 15 is 0 Å². The van der Waals surface area contributed by atoms with E-state index in [0.717, 1.165) is 21.2 Å². The smallest absolute Gasteiger partial charge is 0.230 e. The first-order chi connectivity index (χ1) is 11.2. The van der Waals surface area contributed by atoms with Crippen LogP contribution in [0, 0.1) is 0 Å². The Kier molecular flexibility index (Phi) is 7.95. The van der Waals surface area contributed by atoms with Crippen molar-refractivity contribution in [2.24, 2.45) is 0 Å². The number of halogens is 1. The van der Waals surface area contributed by atoms with Crippen LogP contribution in [-0.4, -0.2) is 18.3 Å². The van der Waals surface area contributed by atoms with Crippen LogP contribution < -0.4 is 5.32 Å². The minimum atomic E-state index is 0.0519. The lowest BCUT2D eigenvalue weighted by Gasteiger charge is -2.07. The van der Waals surface area contributed by atoms with Crippen LogP contribution in [0.15, 0.2) is 36.4 Å². The lowest BCUT2D eigenvalue weighted by molar-refractivity contribution is -0.118. The molecule has 1 amide bonds. The predicted octanol–water partition coefficient (Wildman–Crippen LogP) is 4.49. The molecule has 0 aliphatic carbocycles. The SMILES string of the molecule is CCOCc1ccc(CNC(=O)CSCc2ccc(Cl)s2)cc1. The molecule has 3 nitrogen and oxygen atoms in total. The van der Waals surface area contributed by atoms with Crippen LogP contribution in [0.3, 0.4) is 0 Å². The Balaban J connectivity index is 1.65. The molecule has 1 heterocycles. The van der Waals surface area contributed by atoms with Crippen molar-refractivity contribution < 1.29 is 9.53 Å². The van der Waals surface area contributed by atoms with Gasteiger partial charge in [0.25, 0.3) is 0 Å². The molecule has 0 fully saturated rings. The summed E-state index contributed by atoms with van der Waals surface area (Å²) in [6.07, 6.45) is 0. The van der Waals surface area contributed by atoms with E-state index in [1.54, 1.807) is 23.1 Å². The summed E-state index contributed by atoms with van der Waals surface area (Å²) in [6, 6.07) is 12.0. The molecule has 0 bridgehead atoms. The third-order valence-corrected chi connectivity index (χ3v) is 5.49. The van der Waals surface area contributed by atoms with Gasteiger partial charge in [0.1, 0.15) is 0 Å². The van der Waals surface area contributed by atoms with Gasteiger partial charge in [-0.1, -0.05) is 35.9 Å². The van der Waals surface area contributed by atoms with E-state index in [9.17, 15) is 4.79 Å². The highest BCUT2D eigenvalue weighted by molar-refractivity contribution is 7.99. The molecular weight excluding hydrogens is 350 g/mol. The maximum Gasteiger partial charge on any atom is 0.230 e. The largest absolute Gasteiger partial charge is 0.377 e. The van der Waals surface area contributed by atoms with Crippen LogP contribution in [0.1, 0.15) is 22.9 Å². The first-order valence-corrected chi connectivity index (χ1v) is 9.76.